The smallest absolute Gasteiger partial charge is 0.321 e. The zero-order valence-electron chi connectivity index (χ0n) is 12.2. The number of ether oxygens (including phenoxy) is 1. The first-order valence-electron chi connectivity index (χ1n) is 6.62. The summed E-state index contributed by atoms with van der Waals surface area (Å²) in [4.78, 5) is 33.1. The fourth-order valence-electron chi connectivity index (χ4n) is 1.65. The molecule has 2 N–H and O–H groups in total. The van der Waals surface area contributed by atoms with Crippen LogP contribution < -0.4 is 15.4 Å². The summed E-state index contributed by atoms with van der Waals surface area (Å²) in [5, 5.41) is 15.1. The van der Waals surface area contributed by atoms with Gasteiger partial charge in [-0.05, 0) is 18.2 Å². The Hall–Kier alpha value is -3.07. The van der Waals surface area contributed by atoms with Crippen LogP contribution in [0.15, 0.2) is 41.0 Å². The molecule has 24 heavy (non-hydrogen) atoms. The SMILES string of the molecule is O=C(COc1ccc([N+](=O)[O-])cc1Cl)NC(=O)NCc1ccco1. The molecule has 0 atom stereocenters. The molecule has 1 aromatic carbocycles. The van der Waals surface area contributed by atoms with Crippen LogP contribution in [0.4, 0.5) is 10.5 Å². The van der Waals surface area contributed by atoms with E-state index in [1.165, 1.54) is 18.4 Å². The van der Waals surface area contributed by atoms with Crippen molar-refractivity contribution in [1.29, 1.82) is 0 Å². The van der Waals surface area contributed by atoms with Crippen LogP contribution in [0.2, 0.25) is 5.02 Å². The van der Waals surface area contributed by atoms with Crippen molar-refractivity contribution in [1.82, 2.24) is 10.6 Å². The maximum absolute atomic E-state index is 11.6. The van der Waals surface area contributed by atoms with Crippen LogP contribution in [0.25, 0.3) is 0 Å². The second-order valence-electron chi connectivity index (χ2n) is 4.47. The second-order valence-corrected chi connectivity index (χ2v) is 4.88. The first-order valence-corrected chi connectivity index (χ1v) is 7.00. The Balaban J connectivity index is 1.78. The number of furan rings is 1. The van der Waals surface area contributed by atoms with Crippen molar-refractivity contribution >= 4 is 29.2 Å². The topological polar surface area (TPSA) is 124 Å². The van der Waals surface area contributed by atoms with Gasteiger partial charge in [-0.1, -0.05) is 11.6 Å². The number of nitrogens with zero attached hydrogens (tertiary/aromatic N) is 1. The minimum absolute atomic E-state index is 0.0146. The first-order chi connectivity index (χ1) is 11.5. The fourth-order valence-corrected chi connectivity index (χ4v) is 1.88. The summed E-state index contributed by atoms with van der Waals surface area (Å²) in [6.45, 7) is -0.354. The average molecular weight is 354 g/mol. The third-order valence-electron chi connectivity index (χ3n) is 2.74. The van der Waals surface area contributed by atoms with E-state index in [9.17, 15) is 19.7 Å². The molecule has 1 heterocycles. The van der Waals surface area contributed by atoms with E-state index >= 15 is 0 Å². The molecule has 0 fully saturated rings. The van der Waals surface area contributed by atoms with Crippen LogP contribution in [-0.4, -0.2) is 23.5 Å². The van der Waals surface area contributed by atoms with Crippen LogP contribution in [0, 0.1) is 10.1 Å². The van der Waals surface area contributed by atoms with Crippen LogP contribution in [0.1, 0.15) is 5.76 Å². The number of benzene rings is 1. The Morgan fingerprint density at radius 1 is 1.33 bits per heavy atom. The number of urea groups is 1. The third-order valence-corrected chi connectivity index (χ3v) is 3.04. The molecule has 2 rings (SSSR count). The molecule has 2 aromatic rings. The van der Waals surface area contributed by atoms with E-state index in [0.29, 0.717) is 5.76 Å². The number of nitro benzene ring substituents is 1. The molecule has 0 unspecified atom stereocenters. The summed E-state index contributed by atoms with van der Waals surface area (Å²) in [5.41, 5.74) is -0.200. The molecule has 0 aliphatic heterocycles. The molecule has 0 radical (unpaired) electrons. The normalized spacial score (nSPS) is 10.0. The predicted molar refractivity (Wildman–Crippen MR) is 82.7 cm³/mol. The second kappa shape index (κ2) is 7.97. The number of halogens is 1. The van der Waals surface area contributed by atoms with E-state index in [4.69, 9.17) is 20.8 Å². The number of hydrogen-bond donors (Lipinski definition) is 2. The highest BCUT2D eigenvalue weighted by atomic mass is 35.5. The van der Waals surface area contributed by atoms with Gasteiger partial charge in [-0.2, -0.15) is 0 Å². The Morgan fingerprint density at radius 3 is 2.75 bits per heavy atom. The van der Waals surface area contributed by atoms with E-state index in [2.05, 4.69) is 10.6 Å². The lowest BCUT2D eigenvalue weighted by Gasteiger charge is -2.08. The van der Waals surface area contributed by atoms with E-state index in [1.54, 1.807) is 12.1 Å². The number of carbonyl (C=O) groups is 2. The van der Waals surface area contributed by atoms with Crippen molar-refractivity contribution in [3.63, 3.8) is 0 Å². The molecule has 0 aliphatic rings. The molecule has 3 amide bonds. The van der Waals surface area contributed by atoms with Gasteiger partial charge in [0.25, 0.3) is 11.6 Å². The monoisotopic (exact) mass is 353 g/mol. The molecular weight excluding hydrogens is 342 g/mol. The highest BCUT2D eigenvalue weighted by Gasteiger charge is 2.13. The summed E-state index contributed by atoms with van der Waals surface area (Å²) in [6, 6.07) is 6.18. The summed E-state index contributed by atoms with van der Waals surface area (Å²) in [6.07, 6.45) is 1.46. The molecule has 126 valence electrons. The maximum Gasteiger partial charge on any atom is 0.321 e. The molecule has 9 nitrogen and oxygen atoms in total. The minimum Gasteiger partial charge on any atom is -0.482 e. The maximum atomic E-state index is 11.6. The quantitative estimate of drug-likeness (QED) is 0.606. The molecule has 0 saturated heterocycles. The van der Waals surface area contributed by atoms with Gasteiger partial charge in [-0.3, -0.25) is 20.2 Å². The highest BCUT2D eigenvalue weighted by molar-refractivity contribution is 6.32. The zero-order valence-corrected chi connectivity index (χ0v) is 12.9. The summed E-state index contributed by atoms with van der Waals surface area (Å²) in [7, 11) is 0. The Morgan fingerprint density at radius 2 is 2.12 bits per heavy atom. The molecule has 0 spiro atoms. The summed E-state index contributed by atoms with van der Waals surface area (Å²) >= 11 is 5.82. The number of non-ortho nitro benzene ring substituents is 1. The van der Waals surface area contributed by atoms with Crippen molar-refractivity contribution < 1.29 is 23.7 Å². The summed E-state index contributed by atoms with van der Waals surface area (Å²) in [5.74, 6) is -0.0821. The van der Waals surface area contributed by atoms with Gasteiger partial charge >= 0.3 is 6.03 Å². The summed E-state index contributed by atoms with van der Waals surface area (Å²) < 4.78 is 10.1. The number of rotatable bonds is 6. The van der Waals surface area contributed by atoms with Gasteiger partial charge < -0.3 is 14.5 Å². The molecule has 0 bridgehead atoms. The van der Waals surface area contributed by atoms with Gasteiger partial charge in [0, 0.05) is 12.1 Å². The van der Waals surface area contributed by atoms with Crippen LogP contribution in [0.5, 0.6) is 5.75 Å². The Labute approximate surface area is 140 Å². The number of nitro groups is 1. The van der Waals surface area contributed by atoms with Gasteiger partial charge in [0.1, 0.15) is 11.5 Å². The molecule has 1 aromatic heterocycles. The van der Waals surface area contributed by atoms with Crippen LogP contribution in [0.3, 0.4) is 0 Å². The lowest BCUT2D eigenvalue weighted by Crippen LogP contribution is -2.41. The molecular formula is C14H12ClN3O6. The van der Waals surface area contributed by atoms with Crippen molar-refractivity contribution in [2.24, 2.45) is 0 Å². The van der Waals surface area contributed by atoms with E-state index < -0.39 is 23.5 Å². The lowest BCUT2D eigenvalue weighted by molar-refractivity contribution is -0.384. The van der Waals surface area contributed by atoms with Crippen molar-refractivity contribution in [3.05, 3.63) is 57.5 Å². The number of amides is 3. The lowest BCUT2D eigenvalue weighted by atomic mass is 10.3. The van der Waals surface area contributed by atoms with Gasteiger partial charge in [-0.25, -0.2) is 4.79 Å². The molecule has 0 saturated carbocycles. The Kier molecular flexibility index (Phi) is 5.74. The van der Waals surface area contributed by atoms with Gasteiger partial charge in [0.2, 0.25) is 0 Å². The standard InChI is InChI=1S/C14H12ClN3O6/c15-11-6-9(18(21)22)3-4-12(11)24-8-13(19)17-14(20)16-7-10-2-1-5-23-10/h1-6H,7-8H2,(H2,16,17,19,20). The first kappa shape index (κ1) is 17.3. The molecule has 0 aliphatic carbocycles. The van der Waals surface area contributed by atoms with Crippen molar-refractivity contribution in [2.45, 2.75) is 6.54 Å². The van der Waals surface area contributed by atoms with Crippen molar-refractivity contribution in [2.75, 3.05) is 6.61 Å². The van der Waals surface area contributed by atoms with E-state index in [-0.39, 0.29) is 23.0 Å². The highest BCUT2D eigenvalue weighted by Crippen LogP contribution is 2.28. The minimum atomic E-state index is -0.713. The van der Waals surface area contributed by atoms with Gasteiger partial charge in [-0.15, -0.1) is 0 Å². The average Bonchev–Trinajstić information content (AvgIpc) is 3.05. The zero-order chi connectivity index (χ0) is 17.5. The van der Waals surface area contributed by atoms with Crippen LogP contribution >= 0.6 is 11.6 Å². The predicted octanol–water partition coefficient (Wildman–Crippen LogP) is 2.25. The van der Waals surface area contributed by atoms with Crippen molar-refractivity contribution in [3.8, 4) is 5.75 Å². The van der Waals surface area contributed by atoms with Crippen LogP contribution in [-0.2, 0) is 11.3 Å². The largest absolute Gasteiger partial charge is 0.482 e. The van der Waals surface area contributed by atoms with Gasteiger partial charge in [0.05, 0.1) is 22.8 Å². The Bertz CT molecular complexity index is 747. The number of carbonyl (C=O) groups excluding carboxylic acids is 2. The third kappa shape index (κ3) is 4.99. The molecule has 10 heteroatoms. The van der Waals surface area contributed by atoms with Gasteiger partial charge in [0.15, 0.2) is 6.61 Å². The number of nitrogens with one attached hydrogen (secondary N) is 2. The number of imide groups is 1. The van der Waals surface area contributed by atoms with E-state index in [1.807, 2.05) is 0 Å². The van der Waals surface area contributed by atoms with E-state index in [0.717, 1.165) is 6.07 Å². The fraction of sp³-hybridized carbons (Fsp3) is 0.143. The number of hydrogen-bond acceptors (Lipinski definition) is 6.